The minimum Gasteiger partial charge on any atom is -0.493 e. The van der Waals surface area contributed by atoms with E-state index in [4.69, 9.17) is 21.7 Å². The molecular weight excluding hydrogens is 460 g/mol. The van der Waals surface area contributed by atoms with Gasteiger partial charge < -0.3 is 9.47 Å². The van der Waals surface area contributed by atoms with Crippen molar-refractivity contribution in [3.05, 3.63) is 52.3 Å². The molecule has 28 heavy (non-hydrogen) atoms. The Labute approximate surface area is 182 Å². The summed E-state index contributed by atoms with van der Waals surface area (Å²) in [6.07, 6.45) is 4.00. The third-order valence-electron chi connectivity index (χ3n) is 4.19. The van der Waals surface area contributed by atoms with Gasteiger partial charge in [0.05, 0.1) is 29.5 Å². The molecule has 1 amide bonds. The van der Waals surface area contributed by atoms with Gasteiger partial charge in [0, 0.05) is 18.5 Å². The van der Waals surface area contributed by atoms with Crippen LogP contribution in [0, 0.1) is 0 Å². The molecule has 0 aliphatic carbocycles. The van der Waals surface area contributed by atoms with Gasteiger partial charge in [0.25, 0.3) is 0 Å². The number of halogens is 1. The third kappa shape index (κ3) is 4.85. The topological polar surface area (TPSA) is 51.7 Å². The fraction of sp³-hybridized carbons (Fsp3) is 0.350. The van der Waals surface area contributed by atoms with Crippen LogP contribution in [0.1, 0.15) is 25.0 Å². The fourth-order valence-corrected chi connectivity index (χ4v) is 4.96. The zero-order valence-electron chi connectivity index (χ0n) is 15.7. The smallest absolute Gasteiger partial charge is 0.242 e. The number of aromatic nitrogens is 1. The largest absolute Gasteiger partial charge is 0.493 e. The Balaban J connectivity index is 1.78. The van der Waals surface area contributed by atoms with E-state index < -0.39 is 0 Å². The zero-order valence-corrected chi connectivity index (χ0v) is 18.9. The molecule has 1 aromatic carbocycles. The lowest BCUT2D eigenvalue weighted by atomic mass is 10.1. The van der Waals surface area contributed by atoms with E-state index in [1.807, 2.05) is 38.1 Å². The van der Waals surface area contributed by atoms with Crippen molar-refractivity contribution in [2.24, 2.45) is 0 Å². The van der Waals surface area contributed by atoms with Gasteiger partial charge in [-0.1, -0.05) is 30.0 Å². The van der Waals surface area contributed by atoms with Gasteiger partial charge in [-0.3, -0.25) is 14.7 Å². The Morgan fingerprint density at radius 3 is 2.68 bits per heavy atom. The number of nitrogens with zero attached hydrogens (tertiary/aromatic N) is 2. The summed E-state index contributed by atoms with van der Waals surface area (Å²) in [6, 6.07) is 7.64. The van der Waals surface area contributed by atoms with E-state index in [9.17, 15) is 4.79 Å². The summed E-state index contributed by atoms with van der Waals surface area (Å²) in [5.74, 6) is 1.49. The molecule has 148 valence electrons. The molecule has 0 saturated carbocycles. The van der Waals surface area contributed by atoms with Crippen molar-refractivity contribution in [2.45, 2.75) is 32.1 Å². The van der Waals surface area contributed by atoms with Crippen LogP contribution in [-0.2, 0) is 17.8 Å². The molecule has 1 atom stereocenters. The van der Waals surface area contributed by atoms with Crippen LogP contribution in [0.3, 0.4) is 0 Å². The van der Waals surface area contributed by atoms with Crippen LogP contribution in [0.25, 0.3) is 0 Å². The molecule has 1 aliphatic heterocycles. The van der Waals surface area contributed by atoms with Crippen molar-refractivity contribution in [1.82, 2.24) is 9.88 Å². The van der Waals surface area contributed by atoms with E-state index in [2.05, 4.69) is 20.9 Å². The van der Waals surface area contributed by atoms with Crippen LogP contribution in [0.15, 0.2) is 41.1 Å². The molecule has 0 N–H and O–H groups in total. The maximum atomic E-state index is 13.0. The van der Waals surface area contributed by atoms with Crippen LogP contribution >= 0.6 is 39.9 Å². The first kappa shape index (κ1) is 21.1. The number of thioether (sulfide) groups is 1. The number of carbonyl (C=O) groups is 1. The van der Waals surface area contributed by atoms with Gasteiger partial charge in [-0.25, -0.2) is 0 Å². The summed E-state index contributed by atoms with van der Waals surface area (Å²) in [7, 11) is 0. The van der Waals surface area contributed by atoms with E-state index >= 15 is 0 Å². The predicted octanol–water partition coefficient (Wildman–Crippen LogP) is 4.61. The van der Waals surface area contributed by atoms with Crippen LogP contribution in [-0.4, -0.2) is 38.6 Å². The van der Waals surface area contributed by atoms with Crippen molar-refractivity contribution < 1.29 is 14.3 Å². The lowest BCUT2D eigenvalue weighted by molar-refractivity contribution is -0.126. The van der Waals surface area contributed by atoms with E-state index in [1.54, 1.807) is 17.3 Å². The molecule has 0 bridgehead atoms. The highest BCUT2D eigenvalue weighted by Crippen LogP contribution is 2.37. The Morgan fingerprint density at radius 1 is 1.25 bits per heavy atom. The number of amides is 1. The summed E-state index contributed by atoms with van der Waals surface area (Å²) in [5, 5.41) is -0.270. The summed E-state index contributed by atoms with van der Waals surface area (Å²) in [4.78, 5) is 18.7. The lowest BCUT2D eigenvalue weighted by Gasteiger charge is -2.17. The zero-order chi connectivity index (χ0) is 20.1. The maximum Gasteiger partial charge on any atom is 0.242 e. The quantitative estimate of drug-likeness (QED) is 0.514. The van der Waals surface area contributed by atoms with Crippen LogP contribution in [0.2, 0.25) is 0 Å². The van der Waals surface area contributed by atoms with E-state index in [0.717, 1.165) is 27.1 Å². The Kier molecular flexibility index (Phi) is 7.31. The molecule has 1 fully saturated rings. The van der Waals surface area contributed by atoms with Crippen molar-refractivity contribution in [3.8, 4) is 11.5 Å². The monoisotopic (exact) mass is 480 g/mol. The molecule has 3 rings (SSSR count). The Morgan fingerprint density at radius 2 is 2.00 bits per heavy atom. The van der Waals surface area contributed by atoms with Crippen molar-refractivity contribution in [1.29, 1.82) is 0 Å². The second kappa shape index (κ2) is 9.71. The lowest BCUT2D eigenvalue weighted by Crippen LogP contribution is -2.31. The molecule has 1 aliphatic rings. The molecular formula is C20H21BrN2O3S2. The standard InChI is InChI=1S/C20H21BrN2O3S2/c1-3-25-16-10-17(26-4-2)15(21)8-14(16)9-18-19(24)23(20(27)28-18)12-13-6-5-7-22-11-13/h5-8,10-11,18H,3-4,9,12H2,1-2H3/t18-/m1/s1. The number of hydrogen-bond donors (Lipinski definition) is 0. The summed E-state index contributed by atoms with van der Waals surface area (Å²) >= 11 is 10.4. The van der Waals surface area contributed by atoms with Crippen molar-refractivity contribution >= 4 is 50.1 Å². The molecule has 8 heteroatoms. The second-order valence-corrected chi connectivity index (χ2v) is 8.81. The summed E-state index contributed by atoms with van der Waals surface area (Å²) in [6.45, 7) is 5.43. The van der Waals surface area contributed by atoms with Gasteiger partial charge in [-0.2, -0.15) is 0 Å². The first-order valence-electron chi connectivity index (χ1n) is 9.02. The van der Waals surface area contributed by atoms with Gasteiger partial charge in [0.1, 0.15) is 15.8 Å². The number of thiocarbonyl (C=S) groups is 1. The Hall–Kier alpha value is -1.64. The Bertz CT molecular complexity index is 864. The maximum absolute atomic E-state index is 13.0. The average Bonchev–Trinajstić information content (AvgIpc) is 2.94. The van der Waals surface area contributed by atoms with Crippen molar-refractivity contribution in [2.75, 3.05) is 13.2 Å². The fourth-order valence-electron chi connectivity index (χ4n) is 2.94. The van der Waals surface area contributed by atoms with Gasteiger partial charge in [0.15, 0.2) is 0 Å². The van der Waals surface area contributed by atoms with Gasteiger partial charge in [-0.15, -0.1) is 0 Å². The van der Waals surface area contributed by atoms with Gasteiger partial charge in [0.2, 0.25) is 5.91 Å². The number of hydrogen-bond acceptors (Lipinski definition) is 6. The number of benzene rings is 1. The molecule has 1 saturated heterocycles. The molecule has 1 aromatic heterocycles. The SMILES string of the molecule is CCOc1cc(OCC)c(C[C@H]2SC(=S)N(Cc3cccnc3)C2=O)cc1Br. The molecule has 0 spiro atoms. The highest BCUT2D eigenvalue weighted by molar-refractivity contribution is 9.10. The molecule has 5 nitrogen and oxygen atoms in total. The molecule has 0 radical (unpaired) electrons. The first-order chi connectivity index (χ1) is 13.5. The third-order valence-corrected chi connectivity index (χ3v) is 6.39. The van der Waals surface area contributed by atoms with Gasteiger partial charge >= 0.3 is 0 Å². The number of ether oxygens (including phenoxy) is 2. The van der Waals surface area contributed by atoms with Gasteiger partial charge in [-0.05, 0) is 59.5 Å². The van der Waals surface area contributed by atoms with Crippen LogP contribution < -0.4 is 9.47 Å². The van der Waals surface area contributed by atoms with Crippen molar-refractivity contribution in [3.63, 3.8) is 0 Å². The normalized spacial score (nSPS) is 16.5. The predicted molar refractivity (Wildman–Crippen MR) is 119 cm³/mol. The number of pyridine rings is 1. The van der Waals surface area contributed by atoms with Crippen LogP contribution in [0.4, 0.5) is 0 Å². The molecule has 0 unspecified atom stereocenters. The number of carbonyl (C=O) groups excluding carboxylic acids is 1. The van der Waals surface area contributed by atoms with E-state index in [0.29, 0.717) is 30.5 Å². The van der Waals surface area contributed by atoms with Crippen LogP contribution in [0.5, 0.6) is 11.5 Å². The minimum absolute atomic E-state index is 0.0197. The van der Waals surface area contributed by atoms with E-state index in [1.165, 1.54) is 11.8 Å². The summed E-state index contributed by atoms with van der Waals surface area (Å²) in [5.41, 5.74) is 1.91. The molecule has 2 heterocycles. The second-order valence-electron chi connectivity index (χ2n) is 6.12. The average molecular weight is 481 g/mol. The highest BCUT2D eigenvalue weighted by Gasteiger charge is 2.37. The summed E-state index contributed by atoms with van der Waals surface area (Å²) < 4.78 is 12.9. The first-order valence-corrected chi connectivity index (χ1v) is 11.1. The highest BCUT2D eigenvalue weighted by atomic mass is 79.9. The minimum atomic E-state index is -0.270. The van der Waals surface area contributed by atoms with E-state index in [-0.39, 0.29) is 11.2 Å². The molecule has 2 aromatic rings. The number of rotatable bonds is 8.